The number of aliphatic hydroxyl groups excluding tert-OH is 1. The highest BCUT2D eigenvalue weighted by Crippen LogP contribution is 2.29. The molecule has 1 saturated heterocycles. The van der Waals surface area contributed by atoms with Gasteiger partial charge < -0.3 is 14.7 Å². The Morgan fingerprint density at radius 1 is 1.08 bits per heavy atom. The van der Waals surface area contributed by atoms with Gasteiger partial charge in [-0.15, -0.1) is 0 Å². The van der Waals surface area contributed by atoms with Crippen LogP contribution in [0, 0.1) is 5.92 Å². The van der Waals surface area contributed by atoms with E-state index in [-0.39, 0.29) is 13.2 Å². The zero-order valence-corrected chi connectivity index (χ0v) is 14.2. The van der Waals surface area contributed by atoms with Crippen LogP contribution in [0.15, 0.2) is 54.6 Å². The summed E-state index contributed by atoms with van der Waals surface area (Å²) in [5.74, 6) is 0.382. The van der Waals surface area contributed by atoms with E-state index in [4.69, 9.17) is 4.74 Å². The van der Waals surface area contributed by atoms with Crippen molar-refractivity contribution in [2.75, 3.05) is 29.9 Å². The molecule has 5 nitrogen and oxygen atoms in total. The molecule has 0 atom stereocenters. The maximum Gasteiger partial charge on any atom is 0.412 e. The Kier molecular flexibility index (Phi) is 5.90. The van der Waals surface area contributed by atoms with E-state index < -0.39 is 6.09 Å². The summed E-state index contributed by atoms with van der Waals surface area (Å²) in [5, 5.41) is 12.1. The summed E-state index contributed by atoms with van der Waals surface area (Å²) in [6, 6.07) is 17.4. The third-order valence-corrected chi connectivity index (χ3v) is 4.57. The van der Waals surface area contributed by atoms with Crippen LogP contribution in [0.25, 0.3) is 0 Å². The number of nitrogens with zero attached hydrogens (tertiary/aromatic N) is 1. The molecule has 0 aromatic heterocycles. The number of hydrogen-bond donors (Lipinski definition) is 2. The van der Waals surface area contributed by atoms with Crippen molar-refractivity contribution in [3.8, 4) is 0 Å². The maximum absolute atomic E-state index is 12.1. The molecule has 132 valence electrons. The van der Waals surface area contributed by atoms with Gasteiger partial charge in [-0.2, -0.15) is 0 Å². The number of ether oxygens (including phenoxy) is 1. The first kappa shape index (κ1) is 17.3. The van der Waals surface area contributed by atoms with Crippen molar-refractivity contribution in [2.24, 2.45) is 5.92 Å². The molecule has 0 bridgehead atoms. The fourth-order valence-electron chi connectivity index (χ4n) is 3.08. The van der Waals surface area contributed by atoms with Gasteiger partial charge in [0.2, 0.25) is 0 Å². The van der Waals surface area contributed by atoms with Gasteiger partial charge in [-0.25, -0.2) is 4.79 Å². The fourth-order valence-corrected chi connectivity index (χ4v) is 3.08. The summed E-state index contributed by atoms with van der Waals surface area (Å²) in [4.78, 5) is 14.4. The lowest BCUT2D eigenvalue weighted by atomic mass is 9.97. The Hall–Kier alpha value is -2.53. The number of carbonyl (C=O) groups is 1. The van der Waals surface area contributed by atoms with Crippen molar-refractivity contribution in [3.63, 3.8) is 0 Å². The van der Waals surface area contributed by atoms with Crippen LogP contribution < -0.4 is 10.2 Å². The van der Waals surface area contributed by atoms with Gasteiger partial charge in [-0.3, -0.25) is 5.32 Å². The monoisotopic (exact) mass is 340 g/mol. The molecule has 3 rings (SSSR count). The molecule has 0 spiro atoms. The second-order valence-corrected chi connectivity index (χ2v) is 6.32. The summed E-state index contributed by atoms with van der Waals surface area (Å²) in [6.45, 7) is 2.25. The third kappa shape index (κ3) is 4.73. The van der Waals surface area contributed by atoms with Crippen LogP contribution in [0.2, 0.25) is 0 Å². The molecule has 1 aliphatic rings. The molecule has 25 heavy (non-hydrogen) atoms. The smallest absolute Gasteiger partial charge is 0.412 e. The molecule has 1 amide bonds. The van der Waals surface area contributed by atoms with E-state index in [0.29, 0.717) is 5.92 Å². The number of piperidine rings is 1. The Labute approximate surface area is 148 Å². The van der Waals surface area contributed by atoms with Crippen LogP contribution >= 0.6 is 0 Å². The number of hydrogen-bond acceptors (Lipinski definition) is 4. The minimum Gasteiger partial charge on any atom is -0.444 e. The Balaban J connectivity index is 1.60. The molecule has 2 aromatic rings. The average Bonchev–Trinajstić information content (AvgIpc) is 2.68. The molecule has 0 unspecified atom stereocenters. The lowest BCUT2D eigenvalue weighted by Gasteiger charge is -2.34. The average molecular weight is 340 g/mol. The standard InChI is InChI=1S/C20H24N2O3/c23-14-16-10-12-22(13-11-16)19-9-5-4-8-18(19)21-20(24)25-15-17-6-2-1-3-7-17/h1-9,16,23H,10-15H2,(H,21,24). The zero-order valence-electron chi connectivity index (χ0n) is 14.2. The molecule has 0 aliphatic carbocycles. The third-order valence-electron chi connectivity index (χ3n) is 4.57. The Morgan fingerprint density at radius 3 is 2.48 bits per heavy atom. The molecule has 2 aromatic carbocycles. The second kappa shape index (κ2) is 8.53. The minimum atomic E-state index is -0.457. The van der Waals surface area contributed by atoms with Gasteiger partial charge in [-0.1, -0.05) is 42.5 Å². The molecule has 1 heterocycles. The van der Waals surface area contributed by atoms with Crippen molar-refractivity contribution >= 4 is 17.5 Å². The topological polar surface area (TPSA) is 61.8 Å². The largest absolute Gasteiger partial charge is 0.444 e. The summed E-state index contributed by atoms with van der Waals surface area (Å²) in [5.41, 5.74) is 2.70. The number of aliphatic hydroxyl groups is 1. The van der Waals surface area contributed by atoms with Gasteiger partial charge in [0.1, 0.15) is 6.61 Å². The number of rotatable bonds is 5. The Bertz CT molecular complexity index is 682. The first-order valence-electron chi connectivity index (χ1n) is 8.69. The van der Waals surface area contributed by atoms with E-state index in [1.54, 1.807) is 0 Å². The predicted octanol–water partition coefficient (Wildman–Crippen LogP) is 3.64. The number of amides is 1. The summed E-state index contributed by atoms with van der Waals surface area (Å²) in [7, 11) is 0. The lowest BCUT2D eigenvalue weighted by Crippen LogP contribution is -2.35. The van der Waals surface area contributed by atoms with Crippen LogP contribution in [0.3, 0.4) is 0 Å². The van der Waals surface area contributed by atoms with E-state index >= 15 is 0 Å². The molecule has 0 radical (unpaired) electrons. The number of carbonyl (C=O) groups excluding carboxylic acids is 1. The van der Waals surface area contributed by atoms with Gasteiger partial charge in [0.25, 0.3) is 0 Å². The Morgan fingerprint density at radius 2 is 1.76 bits per heavy atom. The highest BCUT2D eigenvalue weighted by atomic mass is 16.5. The second-order valence-electron chi connectivity index (χ2n) is 6.32. The molecular weight excluding hydrogens is 316 g/mol. The van der Waals surface area contributed by atoms with Crippen molar-refractivity contribution in [3.05, 3.63) is 60.2 Å². The van der Waals surface area contributed by atoms with Gasteiger partial charge >= 0.3 is 6.09 Å². The van der Waals surface area contributed by atoms with E-state index in [0.717, 1.165) is 42.9 Å². The molecule has 1 aliphatic heterocycles. The van der Waals surface area contributed by atoms with Crippen LogP contribution in [0.1, 0.15) is 18.4 Å². The summed E-state index contributed by atoms with van der Waals surface area (Å²) >= 11 is 0. The van der Waals surface area contributed by atoms with Crippen LogP contribution in [-0.4, -0.2) is 30.9 Å². The van der Waals surface area contributed by atoms with Crippen molar-refractivity contribution in [1.82, 2.24) is 0 Å². The predicted molar refractivity (Wildman–Crippen MR) is 98.7 cm³/mol. The highest BCUT2D eigenvalue weighted by molar-refractivity contribution is 5.89. The first-order valence-corrected chi connectivity index (χ1v) is 8.69. The highest BCUT2D eigenvalue weighted by Gasteiger charge is 2.21. The van der Waals surface area contributed by atoms with Gasteiger partial charge in [0.05, 0.1) is 11.4 Å². The van der Waals surface area contributed by atoms with Crippen LogP contribution in [0.4, 0.5) is 16.2 Å². The normalized spacial score (nSPS) is 15.0. The number of para-hydroxylation sites is 2. The van der Waals surface area contributed by atoms with E-state index in [2.05, 4.69) is 10.2 Å². The number of benzene rings is 2. The summed E-state index contributed by atoms with van der Waals surface area (Å²) in [6.07, 6.45) is 1.47. The van der Waals surface area contributed by atoms with Crippen molar-refractivity contribution in [1.29, 1.82) is 0 Å². The van der Waals surface area contributed by atoms with Crippen LogP contribution in [-0.2, 0) is 11.3 Å². The maximum atomic E-state index is 12.1. The summed E-state index contributed by atoms with van der Waals surface area (Å²) < 4.78 is 5.31. The van der Waals surface area contributed by atoms with Gasteiger partial charge in [0.15, 0.2) is 0 Å². The van der Waals surface area contributed by atoms with E-state index in [1.807, 2.05) is 54.6 Å². The molecule has 2 N–H and O–H groups in total. The molecular formula is C20H24N2O3. The zero-order chi connectivity index (χ0) is 17.5. The van der Waals surface area contributed by atoms with Crippen molar-refractivity contribution in [2.45, 2.75) is 19.4 Å². The quantitative estimate of drug-likeness (QED) is 0.872. The van der Waals surface area contributed by atoms with Crippen LogP contribution in [0.5, 0.6) is 0 Å². The molecule has 5 heteroatoms. The van der Waals surface area contributed by atoms with E-state index in [1.165, 1.54) is 0 Å². The molecule has 1 fully saturated rings. The van der Waals surface area contributed by atoms with Crippen molar-refractivity contribution < 1.29 is 14.6 Å². The first-order chi connectivity index (χ1) is 12.3. The minimum absolute atomic E-state index is 0.247. The SMILES string of the molecule is O=C(Nc1ccccc1N1CCC(CO)CC1)OCc1ccccc1. The number of nitrogens with one attached hydrogen (secondary N) is 1. The van der Waals surface area contributed by atoms with Gasteiger partial charge in [-0.05, 0) is 36.5 Å². The fraction of sp³-hybridized carbons (Fsp3) is 0.350. The molecule has 0 saturated carbocycles. The number of anilines is 2. The lowest BCUT2D eigenvalue weighted by molar-refractivity contribution is 0.155. The van der Waals surface area contributed by atoms with Gasteiger partial charge in [0, 0.05) is 19.7 Å². The van der Waals surface area contributed by atoms with E-state index in [9.17, 15) is 9.90 Å².